The lowest BCUT2D eigenvalue weighted by molar-refractivity contribution is 0.236. The van der Waals surface area contributed by atoms with Crippen molar-refractivity contribution in [1.29, 1.82) is 0 Å². The molecule has 0 heterocycles. The molecule has 0 spiro atoms. The maximum atomic E-state index is 9.30. The Kier molecular flexibility index (Phi) is 7.13. The Morgan fingerprint density at radius 2 is 1.96 bits per heavy atom. The Labute approximate surface area is 156 Å². The topological polar surface area (TPSA) is 87.8 Å². The standard InChI is InChI=1S/C18H19ClN4O3/c1-12(18(23-24)21-15-6-4-5-14(19)9-15)22-20-11-13-7-8-16(25-2)10-17(13)26-3/h4-11,24H,1-3H3,(H,21,23)/b20-11+,22-12+. The predicted molar refractivity (Wildman–Crippen MR) is 104 cm³/mol. The number of hydroxylamine groups is 1. The summed E-state index contributed by atoms with van der Waals surface area (Å²) < 4.78 is 10.4. The minimum Gasteiger partial charge on any atom is -0.497 e. The smallest absolute Gasteiger partial charge is 0.173 e. The van der Waals surface area contributed by atoms with Crippen LogP contribution in [0.25, 0.3) is 0 Å². The third-order valence-electron chi connectivity index (χ3n) is 3.34. The van der Waals surface area contributed by atoms with Gasteiger partial charge in [-0.2, -0.15) is 10.2 Å². The van der Waals surface area contributed by atoms with Crippen LogP contribution in [0.15, 0.2) is 57.7 Å². The Balaban J connectivity index is 2.21. The molecule has 0 aliphatic rings. The fourth-order valence-corrected chi connectivity index (χ4v) is 2.20. The maximum absolute atomic E-state index is 9.30. The molecule has 2 N–H and O–H groups in total. The van der Waals surface area contributed by atoms with Gasteiger partial charge in [-0.15, -0.1) is 0 Å². The highest BCUT2D eigenvalue weighted by molar-refractivity contribution is 6.40. The van der Waals surface area contributed by atoms with E-state index in [2.05, 4.69) is 15.2 Å². The van der Waals surface area contributed by atoms with E-state index < -0.39 is 0 Å². The first kappa shape index (κ1) is 19.4. The van der Waals surface area contributed by atoms with Gasteiger partial charge in [-0.25, -0.2) is 4.99 Å². The normalized spacial score (nSPS) is 12.3. The van der Waals surface area contributed by atoms with Crippen LogP contribution in [0.5, 0.6) is 11.5 Å². The van der Waals surface area contributed by atoms with Crippen molar-refractivity contribution in [1.82, 2.24) is 5.48 Å². The van der Waals surface area contributed by atoms with E-state index in [-0.39, 0.29) is 5.84 Å². The Morgan fingerprint density at radius 3 is 2.62 bits per heavy atom. The molecule has 0 radical (unpaired) electrons. The summed E-state index contributed by atoms with van der Waals surface area (Å²) in [5.74, 6) is 1.44. The van der Waals surface area contributed by atoms with Crippen molar-refractivity contribution in [3.63, 3.8) is 0 Å². The summed E-state index contributed by atoms with van der Waals surface area (Å²) in [4.78, 5) is 4.25. The lowest BCUT2D eigenvalue weighted by Crippen LogP contribution is -2.26. The van der Waals surface area contributed by atoms with Crippen molar-refractivity contribution in [2.75, 3.05) is 14.2 Å². The zero-order valence-corrected chi connectivity index (χ0v) is 15.4. The van der Waals surface area contributed by atoms with Crippen LogP contribution in [0.3, 0.4) is 0 Å². The highest BCUT2D eigenvalue weighted by Crippen LogP contribution is 2.23. The molecule has 2 rings (SSSR count). The van der Waals surface area contributed by atoms with Gasteiger partial charge in [-0.05, 0) is 37.3 Å². The van der Waals surface area contributed by atoms with Crippen molar-refractivity contribution >= 4 is 35.1 Å². The number of ether oxygens (including phenoxy) is 2. The molecule has 0 saturated heterocycles. The van der Waals surface area contributed by atoms with Gasteiger partial charge in [0.05, 0.1) is 26.1 Å². The summed E-state index contributed by atoms with van der Waals surface area (Å²) in [7, 11) is 3.14. The van der Waals surface area contributed by atoms with E-state index in [0.717, 1.165) is 5.56 Å². The summed E-state index contributed by atoms with van der Waals surface area (Å²) in [6.45, 7) is 1.66. The second-order valence-corrected chi connectivity index (χ2v) is 5.53. The van der Waals surface area contributed by atoms with Crippen LogP contribution >= 0.6 is 11.6 Å². The van der Waals surface area contributed by atoms with Gasteiger partial charge in [-0.1, -0.05) is 17.7 Å². The number of halogens is 1. The van der Waals surface area contributed by atoms with E-state index in [1.54, 1.807) is 63.6 Å². The number of hydrogen-bond donors (Lipinski definition) is 2. The first-order valence-corrected chi connectivity index (χ1v) is 7.99. The Morgan fingerprint density at radius 1 is 1.15 bits per heavy atom. The summed E-state index contributed by atoms with van der Waals surface area (Å²) >= 11 is 5.93. The number of aliphatic imine (C=N–C) groups is 1. The van der Waals surface area contributed by atoms with Gasteiger partial charge in [0, 0.05) is 16.7 Å². The fourth-order valence-electron chi connectivity index (χ4n) is 2.01. The summed E-state index contributed by atoms with van der Waals surface area (Å²) in [6.07, 6.45) is 1.54. The van der Waals surface area contributed by atoms with Gasteiger partial charge in [0.25, 0.3) is 0 Å². The lowest BCUT2D eigenvalue weighted by Gasteiger charge is -2.06. The van der Waals surface area contributed by atoms with Crippen molar-refractivity contribution in [2.45, 2.75) is 6.92 Å². The molecule has 0 aromatic heterocycles. The minimum atomic E-state index is 0.158. The first-order chi connectivity index (χ1) is 12.6. The molecule has 0 unspecified atom stereocenters. The van der Waals surface area contributed by atoms with Crippen LogP contribution in [0.2, 0.25) is 5.02 Å². The second kappa shape index (κ2) is 9.55. The van der Waals surface area contributed by atoms with Crippen LogP contribution < -0.4 is 15.0 Å². The monoisotopic (exact) mass is 374 g/mol. The first-order valence-electron chi connectivity index (χ1n) is 7.61. The zero-order valence-electron chi connectivity index (χ0n) is 14.6. The highest BCUT2D eigenvalue weighted by Gasteiger charge is 2.05. The van der Waals surface area contributed by atoms with Crippen molar-refractivity contribution in [3.05, 3.63) is 53.1 Å². The van der Waals surface area contributed by atoms with Crippen LogP contribution in [-0.4, -0.2) is 37.2 Å². The third kappa shape index (κ3) is 5.30. The number of nitrogens with zero attached hydrogens (tertiary/aromatic N) is 3. The molecule has 0 saturated carbocycles. The Bertz CT molecular complexity index is 850. The third-order valence-corrected chi connectivity index (χ3v) is 3.58. The van der Waals surface area contributed by atoms with Crippen molar-refractivity contribution in [2.24, 2.45) is 15.2 Å². The van der Waals surface area contributed by atoms with E-state index in [0.29, 0.717) is 27.9 Å². The summed E-state index contributed by atoms with van der Waals surface area (Å²) in [5.41, 5.74) is 3.71. The molecule has 0 amide bonds. The highest BCUT2D eigenvalue weighted by atomic mass is 35.5. The molecule has 2 aromatic rings. The molecule has 8 heteroatoms. The van der Waals surface area contributed by atoms with Gasteiger partial charge in [0.2, 0.25) is 0 Å². The molecule has 2 aromatic carbocycles. The number of methoxy groups -OCH3 is 2. The maximum Gasteiger partial charge on any atom is 0.173 e. The van der Waals surface area contributed by atoms with E-state index in [9.17, 15) is 5.21 Å². The average Bonchev–Trinajstić information content (AvgIpc) is 2.66. The molecular weight excluding hydrogens is 356 g/mol. The molecule has 0 aliphatic heterocycles. The fraction of sp³-hybridized carbons (Fsp3) is 0.167. The van der Waals surface area contributed by atoms with E-state index in [1.165, 1.54) is 6.21 Å². The SMILES string of the molecule is COc1ccc(/C=N/N=C(\C)C(=Nc2cccc(Cl)c2)NO)c(OC)c1. The van der Waals surface area contributed by atoms with Crippen LogP contribution in [0, 0.1) is 0 Å². The molecule has 0 aliphatic carbocycles. The molecule has 136 valence electrons. The molecule has 0 fully saturated rings. The number of benzene rings is 2. The second-order valence-electron chi connectivity index (χ2n) is 5.09. The summed E-state index contributed by atoms with van der Waals surface area (Å²) in [5, 5.41) is 17.9. The number of rotatable bonds is 6. The molecule has 0 atom stereocenters. The molecule has 7 nitrogen and oxygen atoms in total. The Hall–Kier alpha value is -2.90. The largest absolute Gasteiger partial charge is 0.497 e. The minimum absolute atomic E-state index is 0.158. The number of nitrogens with one attached hydrogen (secondary N) is 1. The lowest BCUT2D eigenvalue weighted by atomic mass is 10.2. The number of hydrogen-bond acceptors (Lipinski definition) is 6. The van der Waals surface area contributed by atoms with E-state index in [4.69, 9.17) is 21.1 Å². The van der Waals surface area contributed by atoms with E-state index in [1.807, 2.05) is 5.48 Å². The van der Waals surface area contributed by atoms with Gasteiger partial charge >= 0.3 is 0 Å². The van der Waals surface area contributed by atoms with Crippen molar-refractivity contribution in [3.8, 4) is 11.5 Å². The van der Waals surface area contributed by atoms with E-state index >= 15 is 0 Å². The van der Waals surface area contributed by atoms with Crippen molar-refractivity contribution < 1.29 is 14.7 Å². The van der Waals surface area contributed by atoms with Gasteiger partial charge in [-0.3, -0.25) is 10.7 Å². The molecular formula is C18H19ClN4O3. The average molecular weight is 375 g/mol. The quantitative estimate of drug-likeness (QED) is 0.456. The van der Waals surface area contributed by atoms with Gasteiger partial charge in [0.15, 0.2) is 5.84 Å². The molecule has 26 heavy (non-hydrogen) atoms. The molecule has 0 bridgehead atoms. The van der Waals surface area contributed by atoms with Crippen LogP contribution in [-0.2, 0) is 0 Å². The number of amidine groups is 1. The predicted octanol–water partition coefficient (Wildman–Crippen LogP) is 3.86. The summed E-state index contributed by atoms with van der Waals surface area (Å²) in [6, 6.07) is 12.3. The van der Waals surface area contributed by atoms with Gasteiger partial charge in [0.1, 0.15) is 17.2 Å². The van der Waals surface area contributed by atoms with Gasteiger partial charge < -0.3 is 9.47 Å². The van der Waals surface area contributed by atoms with Crippen LogP contribution in [0.1, 0.15) is 12.5 Å². The zero-order chi connectivity index (χ0) is 18.9. The van der Waals surface area contributed by atoms with Crippen LogP contribution in [0.4, 0.5) is 5.69 Å².